The minimum atomic E-state index is -0.661. The number of alkyl halides is 1. The molecule has 0 aliphatic heterocycles. The minimum absolute atomic E-state index is 0.142. The average molecular weight is 499 g/mol. The Kier molecular flexibility index (Phi) is 7.72. The second kappa shape index (κ2) is 10.3. The van der Waals surface area contributed by atoms with E-state index in [1.807, 2.05) is 11.8 Å². The van der Waals surface area contributed by atoms with Crippen molar-refractivity contribution >= 4 is 11.8 Å². The topological polar surface area (TPSA) is 0 Å². The number of halogens is 1. The van der Waals surface area contributed by atoms with Crippen LogP contribution in [0.3, 0.4) is 0 Å². The Labute approximate surface area is 220 Å². The molecule has 1 aromatic carbocycles. The Morgan fingerprint density at radius 1 is 0.914 bits per heavy atom. The fourth-order valence-electron chi connectivity index (χ4n) is 10.0. The Morgan fingerprint density at radius 3 is 2.40 bits per heavy atom. The van der Waals surface area contributed by atoms with Crippen molar-refractivity contribution in [2.24, 2.45) is 52.3 Å². The normalized spacial score (nSPS) is 43.9. The van der Waals surface area contributed by atoms with Crippen molar-refractivity contribution in [2.75, 3.05) is 0 Å². The fourth-order valence-corrected chi connectivity index (χ4v) is 11.3. The molecule has 4 aliphatic rings. The highest BCUT2D eigenvalue weighted by Gasteiger charge is 2.61. The predicted octanol–water partition coefficient (Wildman–Crippen LogP) is 10.2. The van der Waals surface area contributed by atoms with Crippen LogP contribution in [-0.4, -0.2) is 11.4 Å². The first-order valence-electron chi connectivity index (χ1n) is 15.1. The molecule has 0 amide bonds. The second-order valence-corrected chi connectivity index (χ2v) is 15.4. The summed E-state index contributed by atoms with van der Waals surface area (Å²) >= 11 is 1.81. The van der Waals surface area contributed by atoms with Crippen LogP contribution in [0.2, 0.25) is 0 Å². The molecular weight excluding hydrogens is 447 g/mol. The van der Waals surface area contributed by atoms with Gasteiger partial charge in [-0.2, -0.15) is 0 Å². The van der Waals surface area contributed by atoms with E-state index in [1.54, 1.807) is 0 Å². The number of rotatable bonds is 7. The summed E-state index contributed by atoms with van der Waals surface area (Å²) in [5, 5.41) is 0.142. The molecule has 0 aromatic heterocycles. The number of hydrogen-bond donors (Lipinski definition) is 0. The van der Waals surface area contributed by atoms with Crippen molar-refractivity contribution in [3.8, 4) is 0 Å². The van der Waals surface area contributed by atoms with Gasteiger partial charge in [-0.05, 0) is 116 Å². The van der Waals surface area contributed by atoms with Crippen LogP contribution in [0, 0.1) is 52.3 Å². The summed E-state index contributed by atoms with van der Waals surface area (Å²) in [6.45, 7) is 12.5. The van der Waals surface area contributed by atoms with Crippen molar-refractivity contribution < 1.29 is 4.39 Å². The number of fused-ring (bicyclic) bond motifs is 5. The minimum Gasteiger partial charge on any atom is -0.246 e. The molecule has 2 heteroatoms. The first kappa shape index (κ1) is 26.1. The van der Waals surface area contributed by atoms with Gasteiger partial charge in [-0.3, -0.25) is 0 Å². The summed E-state index contributed by atoms with van der Waals surface area (Å²) < 4.78 is 15.8. The Morgan fingerprint density at radius 2 is 1.66 bits per heavy atom. The van der Waals surface area contributed by atoms with Crippen LogP contribution < -0.4 is 0 Å². The van der Waals surface area contributed by atoms with Gasteiger partial charge >= 0.3 is 0 Å². The molecule has 35 heavy (non-hydrogen) atoms. The third kappa shape index (κ3) is 4.88. The van der Waals surface area contributed by atoms with Crippen LogP contribution in [0.15, 0.2) is 35.2 Å². The molecule has 0 bridgehead atoms. The van der Waals surface area contributed by atoms with E-state index in [4.69, 9.17) is 0 Å². The zero-order valence-electron chi connectivity index (χ0n) is 23.1. The number of benzene rings is 1. The highest BCUT2D eigenvalue weighted by atomic mass is 32.2. The van der Waals surface area contributed by atoms with Gasteiger partial charge in [-0.15, -0.1) is 11.8 Å². The first-order chi connectivity index (χ1) is 16.7. The Balaban J connectivity index is 1.27. The van der Waals surface area contributed by atoms with E-state index in [0.717, 1.165) is 48.3 Å². The summed E-state index contributed by atoms with van der Waals surface area (Å²) in [5.74, 6) is 5.84. The zero-order chi connectivity index (χ0) is 24.8. The van der Waals surface area contributed by atoms with Crippen LogP contribution in [0.1, 0.15) is 105 Å². The Bertz CT molecular complexity index is 837. The molecule has 5 rings (SSSR count). The van der Waals surface area contributed by atoms with Crippen LogP contribution in [0.5, 0.6) is 0 Å². The van der Waals surface area contributed by atoms with Crippen molar-refractivity contribution in [3.63, 3.8) is 0 Å². The molecule has 0 spiro atoms. The molecule has 4 fully saturated rings. The maximum Gasteiger partial charge on any atom is 0.113 e. The lowest BCUT2D eigenvalue weighted by molar-refractivity contribution is -0.123. The fraction of sp³-hybridized carbons (Fsp3) is 0.818. The van der Waals surface area contributed by atoms with Crippen LogP contribution >= 0.6 is 11.8 Å². The molecule has 10 atom stereocenters. The van der Waals surface area contributed by atoms with Crippen LogP contribution in [-0.2, 0) is 0 Å². The van der Waals surface area contributed by atoms with Gasteiger partial charge in [0.2, 0.25) is 0 Å². The maximum absolute atomic E-state index is 15.8. The van der Waals surface area contributed by atoms with Gasteiger partial charge in [-0.1, -0.05) is 72.1 Å². The predicted molar refractivity (Wildman–Crippen MR) is 149 cm³/mol. The highest BCUT2D eigenvalue weighted by Crippen LogP contribution is 2.69. The zero-order valence-corrected chi connectivity index (χ0v) is 24.0. The SMILES string of the molecule is CC(C)CCC[C@@H](C)[C@H]1CC[C@H]2[C@@H]3CC[C@H]4C[C@@H](Sc5ccccc5)[C@H](F)C[C@]4(C)[C@H]3CC[C@]12C. The largest absolute Gasteiger partial charge is 0.246 e. The highest BCUT2D eigenvalue weighted by molar-refractivity contribution is 8.00. The molecule has 0 saturated heterocycles. The molecule has 0 heterocycles. The monoisotopic (exact) mass is 498 g/mol. The van der Waals surface area contributed by atoms with Crippen LogP contribution in [0.4, 0.5) is 4.39 Å². The molecule has 4 aliphatic carbocycles. The van der Waals surface area contributed by atoms with E-state index in [1.165, 1.54) is 62.7 Å². The van der Waals surface area contributed by atoms with Crippen LogP contribution in [0.25, 0.3) is 0 Å². The molecule has 196 valence electrons. The van der Waals surface area contributed by atoms with E-state index < -0.39 is 6.17 Å². The van der Waals surface area contributed by atoms with Gasteiger partial charge < -0.3 is 0 Å². The van der Waals surface area contributed by atoms with E-state index >= 15 is 4.39 Å². The average Bonchev–Trinajstić information content (AvgIpc) is 3.17. The standard InChI is InChI=1S/C33H51FS/c1-22(2)10-9-11-23(3)27-16-17-28-26-15-14-24-20-31(35-25-12-7-6-8-13-25)30(34)21-33(24,5)29(26)18-19-32(27,28)4/h6-8,12-13,22-24,26-31H,9-11,14-21H2,1-5H3/t23-,24+,26+,27-,28+,29+,30-,31-,32-,33+/m1/s1. The van der Waals surface area contributed by atoms with Crippen molar-refractivity contribution in [3.05, 3.63) is 30.3 Å². The molecule has 0 nitrogen and oxygen atoms in total. The van der Waals surface area contributed by atoms with Gasteiger partial charge in [-0.25, -0.2) is 4.39 Å². The summed E-state index contributed by atoms with van der Waals surface area (Å²) in [4.78, 5) is 1.24. The summed E-state index contributed by atoms with van der Waals surface area (Å²) in [7, 11) is 0. The first-order valence-corrected chi connectivity index (χ1v) is 16.0. The molecule has 0 unspecified atom stereocenters. The summed E-state index contributed by atoms with van der Waals surface area (Å²) in [6.07, 6.45) is 13.9. The van der Waals surface area contributed by atoms with E-state index in [2.05, 4.69) is 65.0 Å². The lowest BCUT2D eigenvalue weighted by Crippen LogP contribution is -2.55. The van der Waals surface area contributed by atoms with Gasteiger partial charge in [0.15, 0.2) is 0 Å². The van der Waals surface area contributed by atoms with Gasteiger partial charge in [0.05, 0.1) is 0 Å². The molecule has 1 aromatic rings. The smallest absolute Gasteiger partial charge is 0.113 e. The quantitative estimate of drug-likeness (QED) is 0.360. The molecule has 0 N–H and O–H groups in total. The van der Waals surface area contributed by atoms with Gasteiger partial charge in [0.1, 0.15) is 6.17 Å². The number of hydrogen-bond acceptors (Lipinski definition) is 1. The Hall–Kier alpha value is -0.500. The van der Waals surface area contributed by atoms with Crippen molar-refractivity contribution in [2.45, 2.75) is 122 Å². The lowest BCUT2D eigenvalue weighted by atomic mass is 9.44. The molecule has 0 radical (unpaired) electrons. The lowest BCUT2D eigenvalue weighted by Gasteiger charge is -2.61. The van der Waals surface area contributed by atoms with E-state index in [0.29, 0.717) is 11.3 Å². The van der Waals surface area contributed by atoms with Gasteiger partial charge in [0.25, 0.3) is 0 Å². The maximum atomic E-state index is 15.8. The summed E-state index contributed by atoms with van der Waals surface area (Å²) in [6, 6.07) is 10.6. The van der Waals surface area contributed by atoms with E-state index in [9.17, 15) is 0 Å². The van der Waals surface area contributed by atoms with Gasteiger partial charge in [0, 0.05) is 10.1 Å². The summed E-state index contributed by atoms with van der Waals surface area (Å²) in [5.41, 5.74) is 0.759. The molecule has 4 saturated carbocycles. The third-order valence-corrected chi connectivity index (χ3v) is 13.2. The third-order valence-electron chi connectivity index (χ3n) is 11.9. The van der Waals surface area contributed by atoms with E-state index in [-0.39, 0.29) is 10.7 Å². The molecular formula is C33H51FS. The van der Waals surface area contributed by atoms with Crippen molar-refractivity contribution in [1.82, 2.24) is 0 Å². The number of thioether (sulfide) groups is 1. The second-order valence-electron chi connectivity index (χ2n) is 14.1. The van der Waals surface area contributed by atoms with Crippen molar-refractivity contribution in [1.29, 1.82) is 0 Å².